The fourth-order valence-corrected chi connectivity index (χ4v) is 2.74. The van der Waals surface area contributed by atoms with Crippen LogP contribution >= 0.6 is 0 Å². The van der Waals surface area contributed by atoms with Gasteiger partial charge in [-0.3, -0.25) is 9.80 Å². The fraction of sp³-hybridized carbons (Fsp3) is 1.00. The highest BCUT2D eigenvalue weighted by molar-refractivity contribution is 4.78. The standard InChI is InChI=1S/C12H25N3O/c1-3-12(15-8-10-16-11-9-15)14-6-4-13(2)5-7-14/h12H,3-11H2,1-2H3. The smallest absolute Gasteiger partial charge is 0.0622 e. The number of morpholine rings is 1. The van der Waals surface area contributed by atoms with Crippen molar-refractivity contribution in [3.05, 3.63) is 0 Å². The maximum Gasteiger partial charge on any atom is 0.0622 e. The Balaban J connectivity index is 1.88. The first-order chi connectivity index (χ1) is 7.81. The van der Waals surface area contributed by atoms with Gasteiger partial charge in [-0.1, -0.05) is 6.92 Å². The molecule has 4 nitrogen and oxygen atoms in total. The molecule has 0 N–H and O–H groups in total. The second-order valence-corrected chi connectivity index (χ2v) is 4.88. The van der Waals surface area contributed by atoms with Crippen molar-refractivity contribution in [2.75, 3.05) is 59.5 Å². The van der Waals surface area contributed by atoms with Gasteiger partial charge in [0.1, 0.15) is 0 Å². The van der Waals surface area contributed by atoms with Crippen molar-refractivity contribution in [2.24, 2.45) is 0 Å². The highest BCUT2D eigenvalue weighted by atomic mass is 16.5. The number of likely N-dealkylation sites (N-methyl/N-ethyl adjacent to an activating group) is 1. The lowest BCUT2D eigenvalue weighted by Gasteiger charge is -2.44. The Morgan fingerprint density at radius 1 is 0.938 bits per heavy atom. The van der Waals surface area contributed by atoms with E-state index in [2.05, 4.69) is 28.7 Å². The summed E-state index contributed by atoms with van der Waals surface area (Å²) in [6.45, 7) is 11.2. The molecule has 0 aromatic rings. The SMILES string of the molecule is CCC(N1CCOCC1)N1CCN(C)CC1. The minimum Gasteiger partial charge on any atom is -0.379 e. The highest BCUT2D eigenvalue weighted by Crippen LogP contribution is 2.14. The zero-order chi connectivity index (χ0) is 11.4. The summed E-state index contributed by atoms with van der Waals surface area (Å²) in [5.41, 5.74) is 0. The van der Waals surface area contributed by atoms with E-state index >= 15 is 0 Å². The van der Waals surface area contributed by atoms with E-state index in [0.717, 1.165) is 26.3 Å². The van der Waals surface area contributed by atoms with Crippen LogP contribution in [0, 0.1) is 0 Å². The maximum absolute atomic E-state index is 5.43. The molecule has 0 aromatic carbocycles. The van der Waals surface area contributed by atoms with Crippen LogP contribution in [0.3, 0.4) is 0 Å². The van der Waals surface area contributed by atoms with Gasteiger partial charge in [0, 0.05) is 39.3 Å². The van der Waals surface area contributed by atoms with Crippen LogP contribution in [0.25, 0.3) is 0 Å². The van der Waals surface area contributed by atoms with Crippen LogP contribution in [0.15, 0.2) is 0 Å². The van der Waals surface area contributed by atoms with Crippen molar-refractivity contribution in [3.8, 4) is 0 Å². The molecule has 2 aliphatic heterocycles. The minimum absolute atomic E-state index is 0.637. The summed E-state index contributed by atoms with van der Waals surface area (Å²) in [6, 6.07) is 0. The summed E-state index contributed by atoms with van der Waals surface area (Å²) in [5, 5.41) is 0. The molecule has 0 bridgehead atoms. The maximum atomic E-state index is 5.43. The van der Waals surface area contributed by atoms with Gasteiger partial charge in [-0.25, -0.2) is 0 Å². The third kappa shape index (κ3) is 2.94. The molecule has 2 heterocycles. The molecule has 0 saturated carbocycles. The highest BCUT2D eigenvalue weighted by Gasteiger charge is 2.27. The average Bonchev–Trinajstić information content (AvgIpc) is 2.34. The van der Waals surface area contributed by atoms with E-state index in [0.29, 0.717) is 6.17 Å². The molecule has 1 atom stereocenters. The molecule has 94 valence electrons. The van der Waals surface area contributed by atoms with Crippen molar-refractivity contribution in [2.45, 2.75) is 19.5 Å². The molecule has 0 aromatic heterocycles. The number of nitrogens with zero attached hydrogens (tertiary/aromatic N) is 3. The van der Waals surface area contributed by atoms with Crippen LogP contribution in [0.1, 0.15) is 13.3 Å². The second-order valence-electron chi connectivity index (χ2n) is 4.88. The Bertz CT molecular complexity index is 198. The normalized spacial score (nSPS) is 28.1. The molecule has 2 saturated heterocycles. The molecule has 4 heteroatoms. The summed E-state index contributed by atoms with van der Waals surface area (Å²) >= 11 is 0. The van der Waals surface area contributed by atoms with E-state index in [9.17, 15) is 0 Å². The molecule has 2 aliphatic rings. The fourth-order valence-electron chi connectivity index (χ4n) is 2.74. The number of hydrogen-bond donors (Lipinski definition) is 0. The molecule has 0 radical (unpaired) electrons. The van der Waals surface area contributed by atoms with Crippen LogP contribution in [0.5, 0.6) is 0 Å². The van der Waals surface area contributed by atoms with Gasteiger partial charge in [-0.15, -0.1) is 0 Å². The second kappa shape index (κ2) is 5.96. The number of rotatable bonds is 3. The van der Waals surface area contributed by atoms with Crippen molar-refractivity contribution in [1.29, 1.82) is 0 Å². The first-order valence-corrected chi connectivity index (χ1v) is 6.55. The van der Waals surface area contributed by atoms with E-state index in [1.165, 1.54) is 32.6 Å². The molecular weight excluding hydrogens is 202 g/mol. The Morgan fingerprint density at radius 2 is 1.50 bits per heavy atom. The summed E-state index contributed by atoms with van der Waals surface area (Å²) in [5.74, 6) is 0. The third-order valence-corrected chi connectivity index (χ3v) is 3.79. The Morgan fingerprint density at radius 3 is 2.06 bits per heavy atom. The largest absolute Gasteiger partial charge is 0.379 e. The predicted octanol–water partition coefficient (Wildman–Crippen LogP) is 0.302. The van der Waals surface area contributed by atoms with Gasteiger partial charge >= 0.3 is 0 Å². The van der Waals surface area contributed by atoms with Crippen molar-refractivity contribution in [1.82, 2.24) is 14.7 Å². The topological polar surface area (TPSA) is 19.0 Å². The van der Waals surface area contributed by atoms with Crippen molar-refractivity contribution < 1.29 is 4.74 Å². The van der Waals surface area contributed by atoms with Crippen LogP contribution in [0.2, 0.25) is 0 Å². The Kier molecular flexibility index (Phi) is 4.58. The lowest BCUT2D eigenvalue weighted by Crippen LogP contribution is -2.57. The van der Waals surface area contributed by atoms with Crippen LogP contribution in [-0.2, 0) is 4.74 Å². The van der Waals surface area contributed by atoms with Gasteiger partial charge < -0.3 is 9.64 Å². The summed E-state index contributed by atoms with van der Waals surface area (Å²) < 4.78 is 5.43. The molecule has 0 spiro atoms. The van der Waals surface area contributed by atoms with Gasteiger partial charge in [0.25, 0.3) is 0 Å². The zero-order valence-electron chi connectivity index (χ0n) is 10.7. The van der Waals surface area contributed by atoms with E-state index in [1.807, 2.05) is 0 Å². The van der Waals surface area contributed by atoms with Gasteiger partial charge in [0.2, 0.25) is 0 Å². The monoisotopic (exact) mass is 227 g/mol. The lowest BCUT2D eigenvalue weighted by molar-refractivity contribution is -0.0459. The van der Waals surface area contributed by atoms with E-state index < -0.39 is 0 Å². The molecule has 16 heavy (non-hydrogen) atoms. The summed E-state index contributed by atoms with van der Waals surface area (Å²) in [4.78, 5) is 7.66. The first-order valence-electron chi connectivity index (χ1n) is 6.55. The molecule has 2 fully saturated rings. The molecular formula is C12H25N3O. The zero-order valence-corrected chi connectivity index (χ0v) is 10.7. The Labute approximate surface area is 99.1 Å². The molecule has 0 amide bonds. The minimum atomic E-state index is 0.637. The molecule has 1 unspecified atom stereocenters. The Hall–Kier alpha value is -0.160. The van der Waals surface area contributed by atoms with Crippen LogP contribution in [0.4, 0.5) is 0 Å². The third-order valence-electron chi connectivity index (χ3n) is 3.79. The van der Waals surface area contributed by atoms with Crippen molar-refractivity contribution in [3.63, 3.8) is 0 Å². The molecule has 0 aliphatic carbocycles. The van der Waals surface area contributed by atoms with E-state index in [1.54, 1.807) is 0 Å². The quantitative estimate of drug-likeness (QED) is 0.690. The van der Waals surface area contributed by atoms with E-state index in [-0.39, 0.29) is 0 Å². The van der Waals surface area contributed by atoms with Gasteiger partial charge in [-0.2, -0.15) is 0 Å². The number of ether oxygens (including phenoxy) is 1. The number of piperazine rings is 1. The van der Waals surface area contributed by atoms with Gasteiger partial charge in [0.05, 0.1) is 19.4 Å². The van der Waals surface area contributed by atoms with Crippen LogP contribution < -0.4 is 0 Å². The summed E-state index contributed by atoms with van der Waals surface area (Å²) in [6.07, 6.45) is 1.86. The van der Waals surface area contributed by atoms with E-state index in [4.69, 9.17) is 4.74 Å². The van der Waals surface area contributed by atoms with Gasteiger partial charge in [0.15, 0.2) is 0 Å². The predicted molar refractivity (Wildman–Crippen MR) is 65.5 cm³/mol. The average molecular weight is 227 g/mol. The first kappa shape index (κ1) is 12.3. The molecule has 2 rings (SSSR count). The summed E-state index contributed by atoms with van der Waals surface area (Å²) in [7, 11) is 2.22. The van der Waals surface area contributed by atoms with Gasteiger partial charge in [-0.05, 0) is 13.5 Å². The van der Waals surface area contributed by atoms with Crippen molar-refractivity contribution >= 4 is 0 Å². The number of hydrogen-bond acceptors (Lipinski definition) is 4. The van der Waals surface area contributed by atoms with Crippen LogP contribution in [-0.4, -0.2) is 80.4 Å². The lowest BCUT2D eigenvalue weighted by atomic mass is 10.2.